The van der Waals surface area contributed by atoms with Gasteiger partial charge in [0.25, 0.3) is 0 Å². The van der Waals surface area contributed by atoms with E-state index in [1.54, 1.807) is 6.07 Å². The molecule has 0 saturated carbocycles. The highest BCUT2D eigenvalue weighted by Crippen LogP contribution is 2.36. The van der Waals surface area contributed by atoms with Gasteiger partial charge >= 0.3 is 0 Å². The van der Waals surface area contributed by atoms with Crippen molar-refractivity contribution in [2.45, 2.75) is 37.6 Å². The van der Waals surface area contributed by atoms with Crippen LogP contribution in [0.4, 0.5) is 4.39 Å². The van der Waals surface area contributed by atoms with Crippen LogP contribution in [0.25, 0.3) is 0 Å². The number of hydrogen-bond acceptors (Lipinski definition) is 3. The van der Waals surface area contributed by atoms with Crippen LogP contribution in [0.5, 0.6) is 0 Å². The minimum Gasteiger partial charge on any atom is -0.381 e. The van der Waals surface area contributed by atoms with Gasteiger partial charge in [0.15, 0.2) is 0 Å². The van der Waals surface area contributed by atoms with Gasteiger partial charge in [-0.3, -0.25) is 4.79 Å². The fourth-order valence-electron chi connectivity index (χ4n) is 3.69. The van der Waals surface area contributed by atoms with Gasteiger partial charge in [0.1, 0.15) is 5.82 Å². The first-order chi connectivity index (χ1) is 11.1. The Kier molecular flexibility index (Phi) is 4.97. The van der Waals surface area contributed by atoms with Crippen molar-refractivity contribution in [3.8, 4) is 0 Å². The zero-order valence-corrected chi connectivity index (χ0v) is 13.6. The Hall–Kier alpha value is -1.46. The van der Waals surface area contributed by atoms with Crippen LogP contribution in [-0.2, 0) is 14.9 Å². The molecule has 2 atom stereocenters. The number of amides is 1. The average molecular weight is 320 g/mol. The van der Waals surface area contributed by atoms with Crippen molar-refractivity contribution in [2.24, 2.45) is 5.92 Å². The lowest BCUT2D eigenvalue weighted by molar-refractivity contribution is -0.131. The number of benzene rings is 1. The summed E-state index contributed by atoms with van der Waals surface area (Å²) in [6, 6.07) is 6.64. The molecule has 1 amide bonds. The maximum absolute atomic E-state index is 13.7. The molecule has 2 fully saturated rings. The molecule has 0 spiro atoms. The monoisotopic (exact) mass is 320 g/mol. The number of hydrogen-bond donors (Lipinski definition) is 2. The third-order valence-corrected chi connectivity index (χ3v) is 5.26. The average Bonchev–Trinajstić information content (AvgIpc) is 2.57. The molecule has 1 aromatic carbocycles. The molecule has 126 valence electrons. The Morgan fingerprint density at radius 1 is 1.39 bits per heavy atom. The van der Waals surface area contributed by atoms with Crippen LogP contribution < -0.4 is 10.6 Å². The van der Waals surface area contributed by atoms with Crippen molar-refractivity contribution >= 4 is 5.91 Å². The van der Waals surface area contributed by atoms with Crippen LogP contribution in [0.15, 0.2) is 24.3 Å². The van der Waals surface area contributed by atoms with Crippen LogP contribution in [0, 0.1) is 11.7 Å². The molecule has 2 N–H and O–H groups in total. The molecule has 2 saturated heterocycles. The minimum atomic E-state index is -0.676. The van der Waals surface area contributed by atoms with E-state index in [2.05, 4.69) is 17.6 Å². The Morgan fingerprint density at radius 2 is 2.17 bits per heavy atom. The summed E-state index contributed by atoms with van der Waals surface area (Å²) in [5, 5.41) is 6.59. The van der Waals surface area contributed by atoms with Gasteiger partial charge in [-0.05, 0) is 56.0 Å². The molecule has 0 bridgehead atoms. The lowest BCUT2D eigenvalue weighted by Gasteiger charge is -2.39. The Morgan fingerprint density at radius 3 is 2.87 bits per heavy atom. The highest BCUT2D eigenvalue weighted by atomic mass is 19.1. The second kappa shape index (κ2) is 6.97. The number of ether oxygens (including phenoxy) is 1. The number of carbonyl (C=O) groups excluding carboxylic acids is 1. The predicted octanol–water partition coefficient (Wildman–Crippen LogP) is 1.99. The molecular weight excluding hydrogens is 295 g/mol. The maximum atomic E-state index is 13.7. The molecular formula is C18H25FN2O2. The first-order valence-electron chi connectivity index (χ1n) is 8.47. The summed E-state index contributed by atoms with van der Waals surface area (Å²) >= 11 is 0. The SMILES string of the molecule is CC1CNCCC1NC(=O)C1(c2cccc(F)c2)CCOCC1. The third kappa shape index (κ3) is 3.40. The van der Waals surface area contributed by atoms with Crippen LogP contribution in [0.1, 0.15) is 31.7 Å². The number of nitrogens with one attached hydrogen (secondary N) is 2. The number of carbonyl (C=O) groups is 1. The van der Waals surface area contributed by atoms with E-state index in [1.807, 2.05) is 6.07 Å². The van der Waals surface area contributed by atoms with Gasteiger partial charge in [0.05, 0.1) is 5.41 Å². The van der Waals surface area contributed by atoms with Crippen molar-refractivity contribution in [2.75, 3.05) is 26.3 Å². The molecule has 2 unspecified atom stereocenters. The summed E-state index contributed by atoms with van der Waals surface area (Å²) < 4.78 is 19.2. The molecule has 5 heteroatoms. The molecule has 0 aliphatic carbocycles. The first-order valence-corrected chi connectivity index (χ1v) is 8.47. The van der Waals surface area contributed by atoms with E-state index in [0.717, 1.165) is 25.1 Å². The lowest BCUT2D eigenvalue weighted by Crippen LogP contribution is -2.55. The van der Waals surface area contributed by atoms with Gasteiger partial charge in [-0.1, -0.05) is 19.1 Å². The summed E-state index contributed by atoms with van der Waals surface area (Å²) in [7, 11) is 0. The van der Waals surface area contributed by atoms with Crippen LogP contribution in [0.3, 0.4) is 0 Å². The van der Waals surface area contributed by atoms with Gasteiger partial charge in [-0.2, -0.15) is 0 Å². The predicted molar refractivity (Wildman–Crippen MR) is 86.7 cm³/mol. The summed E-state index contributed by atoms with van der Waals surface area (Å²) in [5.41, 5.74) is 0.0881. The normalized spacial score (nSPS) is 27.4. The summed E-state index contributed by atoms with van der Waals surface area (Å²) in [6.45, 7) is 5.06. The fraction of sp³-hybridized carbons (Fsp3) is 0.611. The van der Waals surface area contributed by atoms with E-state index in [0.29, 0.717) is 32.0 Å². The number of piperidine rings is 1. The highest BCUT2D eigenvalue weighted by Gasteiger charge is 2.43. The van der Waals surface area contributed by atoms with Gasteiger partial charge < -0.3 is 15.4 Å². The second-order valence-electron chi connectivity index (χ2n) is 6.75. The summed E-state index contributed by atoms with van der Waals surface area (Å²) in [4.78, 5) is 13.1. The first kappa shape index (κ1) is 16.4. The largest absolute Gasteiger partial charge is 0.381 e. The summed E-state index contributed by atoms with van der Waals surface area (Å²) in [6.07, 6.45) is 2.13. The molecule has 3 rings (SSSR count). The molecule has 23 heavy (non-hydrogen) atoms. The topological polar surface area (TPSA) is 50.4 Å². The zero-order valence-electron chi connectivity index (χ0n) is 13.6. The van der Waals surface area contributed by atoms with E-state index in [4.69, 9.17) is 4.74 Å². The summed E-state index contributed by atoms with van der Waals surface area (Å²) in [5.74, 6) is 0.124. The van der Waals surface area contributed by atoms with Gasteiger partial charge in [0.2, 0.25) is 5.91 Å². The molecule has 4 nitrogen and oxygen atoms in total. The Balaban J connectivity index is 1.84. The van der Waals surface area contributed by atoms with E-state index >= 15 is 0 Å². The van der Waals surface area contributed by atoms with E-state index in [1.165, 1.54) is 12.1 Å². The third-order valence-electron chi connectivity index (χ3n) is 5.26. The molecule has 2 aliphatic rings. The highest BCUT2D eigenvalue weighted by molar-refractivity contribution is 5.88. The van der Waals surface area contributed by atoms with Crippen molar-refractivity contribution < 1.29 is 13.9 Å². The standard InChI is InChI=1S/C18H25FN2O2/c1-13-12-20-8-5-16(13)21-17(22)18(6-9-23-10-7-18)14-3-2-4-15(19)11-14/h2-4,11,13,16,20H,5-10,12H2,1H3,(H,21,22). The van der Waals surface area contributed by atoms with Crippen LogP contribution in [-0.4, -0.2) is 38.3 Å². The number of halogens is 1. The van der Waals surface area contributed by atoms with E-state index < -0.39 is 5.41 Å². The smallest absolute Gasteiger partial charge is 0.231 e. The minimum absolute atomic E-state index is 0.0187. The van der Waals surface area contributed by atoms with Crippen LogP contribution in [0.2, 0.25) is 0 Å². The Bertz CT molecular complexity index is 558. The molecule has 2 heterocycles. The van der Waals surface area contributed by atoms with Gasteiger partial charge in [-0.25, -0.2) is 4.39 Å². The van der Waals surface area contributed by atoms with Crippen LogP contribution >= 0.6 is 0 Å². The second-order valence-corrected chi connectivity index (χ2v) is 6.75. The van der Waals surface area contributed by atoms with Gasteiger partial charge in [0, 0.05) is 19.3 Å². The molecule has 1 aromatic rings. The molecule has 0 aromatic heterocycles. The van der Waals surface area contributed by atoms with E-state index in [9.17, 15) is 9.18 Å². The van der Waals surface area contributed by atoms with Gasteiger partial charge in [-0.15, -0.1) is 0 Å². The Labute approximate surface area is 136 Å². The fourth-order valence-corrected chi connectivity index (χ4v) is 3.69. The maximum Gasteiger partial charge on any atom is 0.231 e. The number of rotatable bonds is 3. The van der Waals surface area contributed by atoms with Crippen molar-refractivity contribution in [1.29, 1.82) is 0 Å². The van der Waals surface area contributed by atoms with Crippen molar-refractivity contribution in [3.05, 3.63) is 35.6 Å². The molecule has 0 radical (unpaired) electrons. The molecule has 2 aliphatic heterocycles. The van der Waals surface area contributed by atoms with Crippen molar-refractivity contribution in [1.82, 2.24) is 10.6 Å². The quantitative estimate of drug-likeness (QED) is 0.895. The van der Waals surface area contributed by atoms with E-state index in [-0.39, 0.29) is 17.8 Å². The van der Waals surface area contributed by atoms with Crippen molar-refractivity contribution in [3.63, 3.8) is 0 Å². The zero-order chi connectivity index (χ0) is 16.3. The lowest BCUT2D eigenvalue weighted by atomic mass is 9.73.